The summed E-state index contributed by atoms with van der Waals surface area (Å²) in [5.41, 5.74) is 0.762. The van der Waals surface area contributed by atoms with Crippen LogP contribution in [0.1, 0.15) is 6.93 Å². The lowest BCUT2D eigenvalue weighted by Crippen LogP contribution is -1.88. The summed E-state index contributed by atoms with van der Waals surface area (Å²) in [7, 11) is 1.58. The summed E-state index contributed by atoms with van der Waals surface area (Å²) in [6.07, 6.45) is 1.73. The van der Waals surface area contributed by atoms with Crippen LogP contribution in [-0.2, 0) is 11.3 Å². The predicted octanol–water partition coefficient (Wildman–Crippen LogP) is 0.623. The molecule has 9 heavy (non-hydrogen) atoms. The molecule has 0 fully saturated rings. The molecule has 0 aliphatic carbocycles. The van der Waals surface area contributed by atoms with E-state index in [4.69, 9.17) is 6.11 Å². The number of aromatic nitrogens is 2. The van der Waals surface area contributed by atoms with Gasteiger partial charge >= 0.3 is 0 Å². The molecule has 0 saturated carbocycles. The van der Waals surface area contributed by atoms with E-state index in [1.807, 2.05) is 0 Å². The van der Waals surface area contributed by atoms with Crippen molar-refractivity contribution in [3.8, 4) is 0 Å². The third-order valence-electron chi connectivity index (χ3n) is 0.894. The molecule has 0 aliphatic heterocycles. The van der Waals surface area contributed by atoms with Crippen LogP contribution < -0.4 is 0 Å². The minimum atomic E-state index is 0.185. The van der Waals surface area contributed by atoms with Crippen LogP contribution in [0.5, 0.6) is 0 Å². The van der Waals surface area contributed by atoms with Crippen molar-refractivity contribution in [2.24, 2.45) is 0 Å². The Bertz CT molecular complexity index is 217. The zero-order valence-electron chi connectivity index (χ0n) is 6.16. The second-order valence-electron chi connectivity index (χ2n) is 1.60. The summed E-state index contributed by atoms with van der Waals surface area (Å²) in [6, 6.07) is 1.72. The molecule has 48 valence electrons. The number of ether oxygens (including phenoxy) is 1. The standard InChI is InChI=1S/C6H8N2O/c1-9-5-6-2-3-7-8-4-6/h2-4H,5H2,1H3/i4D. The lowest BCUT2D eigenvalue weighted by Gasteiger charge is -1.93. The maximum atomic E-state index is 7.22. The highest BCUT2D eigenvalue weighted by atomic mass is 16.5. The van der Waals surface area contributed by atoms with Gasteiger partial charge < -0.3 is 4.74 Å². The number of hydrogen-bond donors (Lipinski definition) is 0. The van der Waals surface area contributed by atoms with Gasteiger partial charge in [-0.15, -0.1) is 0 Å². The van der Waals surface area contributed by atoms with E-state index in [9.17, 15) is 0 Å². The first kappa shape index (κ1) is 4.88. The van der Waals surface area contributed by atoms with Gasteiger partial charge in [0.05, 0.1) is 14.2 Å². The Labute approximate surface area is 55.1 Å². The van der Waals surface area contributed by atoms with Crippen LogP contribution in [-0.4, -0.2) is 17.3 Å². The molecule has 0 atom stereocenters. The molecule has 0 unspecified atom stereocenters. The van der Waals surface area contributed by atoms with Gasteiger partial charge in [-0.05, 0) is 11.6 Å². The predicted molar refractivity (Wildman–Crippen MR) is 32.7 cm³/mol. The highest BCUT2D eigenvalue weighted by molar-refractivity contribution is 5.02. The van der Waals surface area contributed by atoms with Crippen molar-refractivity contribution in [2.45, 2.75) is 6.61 Å². The average Bonchev–Trinajstić information content (AvgIpc) is 1.94. The van der Waals surface area contributed by atoms with Crippen molar-refractivity contribution in [3.05, 3.63) is 24.0 Å². The Morgan fingerprint density at radius 2 is 2.67 bits per heavy atom. The van der Waals surface area contributed by atoms with E-state index in [1.54, 1.807) is 19.4 Å². The van der Waals surface area contributed by atoms with Gasteiger partial charge in [0, 0.05) is 13.3 Å². The van der Waals surface area contributed by atoms with Crippen LogP contribution in [0.25, 0.3) is 0 Å². The zero-order valence-corrected chi connectivity index (χ0v) is 5.16. The molecule has 3 nitrogen and oxygen atoms in total. The molecular weight excluding hydrogens is 116 g/mol. The van der Waals surface area contributed by atoms with E-state index in [0.29, 0.717) is 6.61 Å². The van der Waals surface area contributed by atoms with Crippen molar-refractivity contribution in [2.75, 3.05) is 7.11 Å². The largest absolute Gasteiger partial charge is 0.380 e. The second kappa shape index (κ2) is 3.14. The smallest absolute Gasteiger partial charge is 0.0864 e. The maximum Gasteiger partial charge on any atom is 0.0864 e. The van der Waals surface area contributed by atoms with Crippen molar-refractivity contribution < 1.29 is 6.11 Å². The molecule has 0 radical (unpaired) electrons. The van der Waals surface area contributed by atoms with Crippen LogP contribution >= 0.6 is 0 Å². The minimum Gasteiger partial charge on any atom is -0.380 e. The second-order valence-corrected chi connectivity index (χ2v) is 1.60. The van der Waals surface area contributed by atoms with Crippen LogP contribution in [0, 0.1) is 0 Å². The Morgan fingerprint density at radius 1 is 1.78 bits per heavy atom. The monoisotopic (exact) mass is 125 g/mol. The summed E-state index contributed by atoms with van der Waals surface area (Å²) >= 11 is 0. The van der Waals surface area contributed by atoms with Crippen LogP contribution in [0.4, 0.5) is 0 Å². The third-order valence-corrected chi connectivity index (χ3v) is 0.894. The van der Waals surface area contributed by atoms with Crippen LogP contribution in [0.2, 0.25) is 0 Å². The van der Waals surface area contributed by atoms with E-state index in [1.165, 1.54) is 0 Å². The number of hydrogen-bond acceptors (Lipinski definition) is 3. The summed E-state index contributed by atoms with van der Waals surface area (Å²) in [5.74, 6) is 0. The molecule has 1 heterocycles. The molecule has 0 N–H and O–H groups in total. The van der Waals surface area contributed by atoms with E-state index in [-0.39, 0.29) is 6.17 Å². The molecule has 0 spiro atoms. The molecule has 0 aliphatic rings. The van der Waals surface area contributed by atoms with Gasteiger partial charge in [-0.2, -0.15) is 10.2 Å². The Balaban J connectivity index is 2.81. The molecule has 0 bridgehead atoms. The number of rotatable bonds is 2. The van der Waals surface area contributed by atoms with E-state index >= 15 is 0 Å². The fourth-order valence-electron chi connectivity index (χ4n) is 0.523. The molecule has 1 aromatic heterocycles. The zero-order chi connectivity index (χ0) is 7.40. The Morgan fingerprint density at radius 3 is 3.33 bits per heavy atom. The number of methoxy groups -OCH3 is 1. The van der Waals surface area contributed by atoms with Crippen molar-refractivity contribution in [1.29, 1.82) is 0 Å². The molecule has 1 aromatic rings. The van der Waals surface area contributed by atoms with Gasteiger partial charge in [0.1, 0.15) is 0 Å². The van der Waals surface area contributed by atoms with E-state index in [2.05, 4.69) is 10.2 Å². The van der Waals surface area contributed by atoms with Crippen molar-refractivity contribution in [1.82, 2.24) is 10.2 Å². The fraction of sp³-hybridized carbons (Fsp3) is 0.333. The van der Waals surface area contributed by atoms with Crippen molar-refractivity contribution >= 4 is 0 Å². The molecule has 0 amide bonds. The van der Waals surface area contributed by atoms with Gasteiger partial charge in [0.2, 0.25) is 0 Å². The normalized spacial score (nSPS) is 11.0. The first-order valence-electron chi connectivity index (χ1n) is 3.10. The average molecular weight is 125 g/mol. The summed E-state index contributed by atoms with van der Waals surface area (Å²) < 4.78 is 12.0. The van der Waals surface area contributed by atoms with Gasteiger partial charge in [0.25, 0.3) is 0 Å². The lowest BCUT2D eigenvalue weighted by atomic mass is 10.3. The first-order valence-corrected chi connectivity index (χ1v) is 2.60. The van der Waals surface area contributed by atoms with Gasteiger partial charge in [-0.1, -0.05) is 0 Å². The molecule has 3 heteroatoms. The van der Waals surface area contributed by atoms with Crippen LogP contribution in [0.15, 0.2) is 18.4 Å². The Hall–Kier alpha value is -0.960. The molecular formula is C6H8N2O. The summed E-state index contributed by atoms with van der Waals surface area (Å²) in [5, 5.41) is 7.07. The number of nitrogens with zero attached hydrogens (tertiary/aromatic N) is 2. The molecule has 0 aromatic carbocycles. The quantitative estimate of drug-likeness (QED) is 0.581. The summed E-state index contributed by atoms with van der Waals surface area (Å²) in [6.45, 7) is 0.425. The highest BCUT2D eigenvalue weighted by Gasteiger charge is 1.86. The van der Waals surface area contributed by atoms with E-state index < -0.39 is 0 Å². The van der Waals surface area contributed by atoms with Crippen molar-refractivity contribution in [3.63, 3.8) is 0 Å². The molecule has 0 saturated heterocycles. The Kier molecular flexibility index (Phi) is 1.70. The highest BCUT2D eigenvalue weighted by Crippen LogP contribution is 1.93. The third kappa shape index (κ3) is 1.77. The SMILES string of the molecule is [2H]c1nnccc1COC. The summed E-state index contributed by atoms with van der Waals surface area (Å²) in [4.78, 5) is 0. The molecule has 1 rings (SSSR count). The van der Waals surface area contributed by atoms with Gasteiger partial charge in [0.15, 0.2) is 0 Å². The lowest BCUT2D eigenvalue weighted by molar-refractivity contribution is 0.184. The first-order chi connectivity index (χ1) is 4.84. The minimum absolute atomic E-state index is 0.185. The maximum absolute atomic E-state index is 7.22. The topological polar surface area (TPSA) is 35.0 Å². The fourth-order valence-corrected chi connectivity index (χ4v) is 0.523. The van der Waals surface area contributed by atoms with E-state index in [0.717, 1.165) is 5.56 Å². The van der Waals surface area contributed by atoms with Crippen LogP contribution in [0.3, 0.4) is 0 Å². The van der Waals surface area contributed by atoms with Gasteiger partial charge in [-0.25, -0.2) is 0 Å². The van der Waals surface area contributed by atoms with Gasteiger partial charge in [-0.3, -0.25) is 0 Å².